The fourth-order valence-electron chi connectivity index (χ4n) is 1.04. The molecule has 68 valence electrons. The molecule has 2 nitrogen and oxygen atoms in total. The van der Waals surface area contributed by atoms with Gasteiger partial charge in [-0.25, -0.2) is 0 Å². The summed E-state index contributed by atoms with van der Waals surface area (Å²) in [5, 5.41) is 6.72. The van der Waals surface area contributed by atoms with Gasteiger partial charge in [0, 0.05) is 6.20 Å². The molecule has 0 aliphatic carbocycles. The van der Waals surface area contributed by atoms with Crippen LogP contribution in [0.2, 0.25) is 5.15 Å². The van der Waals surface area contributed by atoms with Gasteiger partial charge in [0.1, 0.15) is 0 Å². The van der Waals surface area contributed by atoms with E-state index in [0.29, 0.717) is 5.15 Å². The maximum Gasteiger partial charge on any atom is 0.151 e. The van der Waals surface area contributed by atoms with Crippen LogP contribution in [0.3, 0.4) is 0 Å². The van der Waals surface area contributed by atoms with Crippen molar-refractivity contribution in [3.05, 3.63) is 38.2 Å². The molecule has 0 unspecified atom stereocenters. The Hall–Kier alpha value is -0.320. The Balaban J connectivity index is 2.14. The normalized spacial score (nSPS) is 10.6. The van der Waals surface area contributed by atoms with Crippen LogP contribution < -0.4 is 0 Å². The van der Waals surface area contributed by atoms with Gasteiger partial charge in [-0.3, -0.25) is 4.68 Å². The van der Waals surface area contributed by atoms with Crippen molar-refractivity contribution in [2.75, 3.05) is 0 Å². The molecule has 0 radical (unpaired) electrons. The summed E-state index contributed by atoms with van der Waals surface area (Å²) in [5.41, 5.74) is 1.23. The van der Waals surface area contributed by atoms with E-state index in [2.05, 4.69) is 32.5 Å². The minimum Gasteiger partial charge on any atom is -0.267 e. The highest BCUT2D eigenvalue weighted by molar-refractivity contribution is 9.11. The predicted octanol–water partition coefficient (Wildman–Crippen LogP) is 3.41. The average molecular weight is 278 g/mol. The van der Waals surface area contributed by atoms with Crippen molar-refractivity contribution >= 4 is 38.9 Å². The highest BCUT2D eigenvalue weighted by Gasteiger charge is 1.99. The summed E-state index contributed by atoms with van der Waals surface area (Å²) < 4.78 is 2.96. The van der Waals surface area contributed by atoms with E-state index in [1.165, 1.54) is 5.56 Å². The molecule has 0 aromatic carbocycles. The highest BCUT2D eigenvalue weighted by Crippen LogP contribution is 2.21. The first-order chi connectivity index (χ1) is 6.24. The van der Waals surface area contributed by atoms with Gasteiger partial charge in [-0.1, -0.05) is 11.6 Å². The number of nitrogens with zero attached hydrogens (tertiary/aromatic N) is 2. The van der Waals surface area contributed by atoms with Crippen LogP contribution in [0.15, 0.2) is 27.5 Å². The summed E-state index contributed by atoms with van der Waals surface area (Å²) in [6.07, 6.45) is 1.87. The van der Waals surface area contributed by atoms with Gasteiger partial charge in [0.05, 0.1) is 10.3 Å². The summed E-state index contributed by atoms with van der Waals surface area (Å²) >= 11 is 10.8. The Morgan fingerprint density at radius 3 is 3.00 bits per heavy atom. The van der Waals surface area contributed by atoms with Crippen LogP contribution in [-0.4, -0.2) is 9.78 Å². The molecule has 2 heterocycles. The van der Waals surface area contributed by atoms with Crippen LogP contribution in [0.4, 0.5) is 0 Å². The molecule has 0 aliphatic rings. The average Bonchev–Trinajstić information content (AvgIpc) is 2.62. The third-order valence-electron chi connectivity index (χ3n) is 1.57. The van der Waals surface area contributed by atoms with Crippen molar-refractivity contribution in [2.45, 2.75) is 6.54 Å². The first-order valence-electron chi connectivity index (χ1n) is 3.66. The van der Waals surface area contributed by atoms with Crippen molar-refractivity contribution in [3.8, 4) is 0 Å². The summed E-state index contributed by atoms with van der Waals surface area (Å²) in [7, 11) is 0. The van der Waals surface area contributed by atoms with E-state index in [1.54, 1.807) is 17.4 Å². The van der Waals surface area contributed by atoms with Gasteiger partial charge in [0.2, 0.25) is 0 Å². The topological polar surface area (TPSA) is 17.8 Å². The molecule has 0 bridgehead atoms. The van der Waals surface area contributed by atoms with Crippen LogP contribution in [0, 0.1) is 0 Å². The quantitative estimate of drug-likeness (QED) is 0.822. The highest BCUT2D eigenvalue weighted by atomic mass is 79.9. The van der Waals surface area contributed by atoms with Gasteiger partial charge < -0.3 is 0 Å². The molecule has 2 aromatic rings. The molecule has 0 saturated carbocycles. The maximum absolute atomic E-state index is 5.69. The smallest absolute Gasteiger partial charge is 0.151 e. The third kappa shape index (κ3) is 2.33. The number of rotatable bonds is 2. The van der Waals surface area contributed by atoms with Crippen molar-refractivity contribution in [1.29, 1.82) is 0 Å². The number of hydrogen-bond acceptors (Lipinski definition) is 2. The summed E-state index contributed by atoms with van der Waals surface area (Å²) in [5.74, 6) is 0. The second-order valence-electron chi connectivity index (χ2n) is 2.60. The van der Waals surface area contributed by atoms with Gasteiger partial charge >= 0.3 is 0 Å². The van der Waals surface area contributed by atoms with Crippen molar-refractivity contribution < 1.29 is 0 Å². The second-order valence-corrected chi connectivity index (χ2v) is 5.27. The van der Waals surface area contributed by atoms with E-state index in [-0.39, 0.29) is 0 Å². The predicted molar refractivity (Wildman–Crippen MR) is 58.4 cm³/mol. The van der Waals surface area contributed by atoms with E-state index in [1.807, 2.05) is 10.9 Å². The van der Waals surface area contributed by atoms with E-state index in [0.717, 1.165) is 10.3 Å². The fourth-order valence-corrected chi connectivity index (χ4v) is 2.39. The lowest BCUT2D eigenvalue weighted by molar-refractivity contribution is 0.689. The van der Waals surface area contributed by atoms with Gasteiger partial charge in [-0.15, -0.1) is 11.3 Å². The zero-order valence-electron chi connectivity index (χ0n) is 6.58. The molecule has 0 amide bonds. The first-order valence-corrected chi connectivity index (χ1v) is 5.71. The van der Waals surface area contributed by atoms with E-state index >= 15 is 0 Å². The van der Waals surface area contributed by atoms with Gasteiger partial charge in [0.15, 0.2) is 5.15 Å². The van der Waals surface area contributed by atoms with Crippen LogP contribution >= 0.6 is 38.9 Å². The Labute approximate surface area is 93.3 Å². The first kappa shape index (κ1) is 9.24. The molecule has 0 saturated heterocycles. The molecule has 2 rings (SSSR count). The standard InChI is InChI=1S/C8H6BrClN2S/c9-7-3-6(5-13-7)4-12-2-1-8(10)11-12/h1-3,5H,4H2. The molecule has 5 heteroatoms. The molecule has 13 heavy (non-hydrogen) atoms. The Morgan fingerprint density at radius 1 is 1.62 bits per heavy atom. The minimum absolute atomic E-state index is 0.536. The van der Waals surface area contributed by atoms with E-state index in [4.69, 9.17) is 11.6 Å². The largest absolute Gasteiger partial charge is 0.267 e. The Bertz CT molecular complexity index is 371. The van der Waals surface area contributed by atoms with Crippen LogP contribution in [0.1, 0.15) is 5.56 Å². The number of halogens is 2. The van der Waals surface area contributed by atoms with Crippen LogP contribution in [0.5, 0.6) is 0 Å². The summed E-state index contributed by atoms with van der Waals surface area (Å²) in [6, 6.07) is 3.86. The van der Waals surface area contributed by atoms with Gasteiger partial charge in [-0.05, 0) is 39.0 Å². The van der Waals surface area contributed by atoms with Crippen molar-refractivity contribution in [2.24, 2.45) is 0 Å². The van der Waals surface area contributed by atoms with Crippen LogP contribution in [0.25, 0.3) is 0 Å². The number of aromatic nitrogens is 2. The lowest BCUT2D eigenvalue weighted by atomic mass is 10.3. The van der Waals surface area contributed by atoms with E-state index < -0.39 is 0 Å². The lowest BCUT2D eigenvalue weighted by Crippen LogP contribution is -1.98. The zero-order valence-corrected chi connectivity index (χ0v) is 9.73. The molecular formula is C8H6BrClN2S. The molecule has 0 N–H and O–H groups in total. The zero-order chi connectivity index (χ0) is 9.26. The van der Waals surface area contributed by atoms with E-state index in [9.17, 15) is 0 Å². The summed E-state index contributed by atoms with van der Waals surface area (Å²) in [6.45, 7) is 0.773. The monoisotopic (exact) mass is 276 g/mol. The molecule has 2 aromatic heterocycles. The minimum atomic E-state index is 0.536. The van der Waals surface area contributed by atoms with Gasteiger partial charge in [0.25, 0.3) is 0 Å². The maximum atomic E-state index is 5.69. The molecule has 0 aliphatic heterocycles. The Morgan fingerprint density at radius 2 is 2.46 bits per heavy atom. The number of thiophene rings is 1. The fraction of sp³-hybridized carbons (Fsp3) is 0.125. The molecule has 0 spiro atoms. The Kier molecular flexibility index (Phi) is 2.71. The second kappa shape index (κ2) is 3.82. The summed E-state index contributed by atoms with van der Waals surface area (Å²) in [4.78, 5) is 0. The van der Waals surface area contributed by atoms with Gasteiger partial charge in [-0.2, -0.15) is 5.10 Å². The SMILES string of the molecule is Clc1ccn(Cc2csc(Br)c2)n1. The molecule has 0 fully saturated rings. The molecular weight excluding hydrogens is 272 g/mol. The van der Waals surface area contributed by atoms with Crippen LogP contribution in [-0.2, 0) is 6.54 Å². The van der Waals surface area contributed by atoms with Crippen molar-refractivity contribution in [3.63, 3.8) is 0 Å². The lowest BCUT2D eigenvalue weighted by Gasteiger charge is -1.96. The molecule has 0 atom stereocenters. The number of hydrogen-bond donors (Lipinski definition) is 0. The third-order valence-corrected chi connectivity index (χ3v) is 3.33. The van der Waals surface area contributed by atoms with Crippen molar-refractivity contribution in [1.82, 2.24) is 9.78 Å².